The van der Waals surface area contributed by atoms with Crippen molar-refractivity contribution in [2.45, 2.75) is 25.7 Å². The van der Waals surface area contributed by atoms with E-state index in [9.17, 15) is 0 Å². The van der Waals surface area contributed by atoms with Crippen LogP contribution in [0, 0.1) is 0 Å². The van der Waals surface area contributed by atoms with Gasteiger partial charge < -0.3 is 56.8 Å². The van der Waals surface area contributed by atoms with Gasteiger partial charge in [0, 0.05) is 27.2 Å². The molecule has 306 valence electrons. The molecule has 4 rings (SSSR count). The zero-order valence-electron chi connectivity index (χ0n) is 32.7. The fourth-order valence-electron chi connectivity index (χ4n) is 4.98. The lowest BCUT2D eigenvalue weighted by Gasteiger charge is -2.19. The quantitative estimate of drug-likeness (QED) is 0.0377. The third kappa shape index (κ3) is 17.3. The zero-order valence-corrected chi connectivity index (χ0v) is 33.4. The molecule has 0 aliphatic heterocycles. The molecule has 0 atom stereocenters. The number of ether oxygens (including phenoxy) is 12. The lowest BCUT2D eigenvalue weighted by atomic mass is 10.2. The van der Waals surface area contributed by atoms with E-state index in [2.05, 4.69) is 0 Å². The van der Waals surface area contributed by atoms with Gasteiger partial charge in [0.05, 0.1) is 59.5 Å². The first-order chi connectivity index (χ1) is 27.6. The van der Waals surface area contributed by atoms with E-state index in [0.717, 1.165) is 39.5 Å². The molecule has 0 amide bonds. The van der Waals surface area contributed by atoms with E-state index in [1.54, 1.807) is 21.3 Å². The van der Waals surface area contributed by atoms with Crippen LogP contribution in [0.4, 0.5) is 0 Å². The first-order valence-electron chi connectivity index (χ1n) is 18.6. The largest absolute Gasteiger partial charge is 0.491 e. The van der Waals surface area contributed by atoms with Crippen LogP contribution < -0.4 is 28.4 Å². The Morgan fingerprint density at radius 1 is 0.357 bits per heavy atom. The van der Waals surface area contributed by atoms with Crippen molar-refractivity contribution in [3.8, 4) is 34.5 Å². The molecule has 0 fully saturated rings. The predicted octanol–water partition coefficient (Wildman–Crippen LogP) is 7.29. The van der Waals surface area contributed by atoms with Gasteiger partial charge in [-0.3, -0.25) is 0 Å². The standard InChI is InChI=1S/C43H55ClO12/c1-45-16-19-48-22-25-51-38-10-4-34(5-11-38)31-54-41-28-37(30-44)29-42(55-32-35-6-12-39(13-7-35)52-26-23-49-20-17-46-2)43(41)56-33-36-8-14-40(15-9-36)53-27-24-50-21-18-47-3/h4-15,28-29H,16-27,30-33H2,1-3H3. The molecule has 0 aromatic heterocycles. The summed E-state index contributed by atoms with van der Waals surface area (Å²) < 4.78 is 68.1. The summed E-state index contributed by atoms with van der Waals surface area (Å²) >= 11 is 6.37. The Morgan fingerprint density at radius 2 is 0.679 bits per heavy atom. The molecule has 12 nitrogen and oxygen atoms in total. The van der Waals surface area contributed by atoms with Crippen molar-refractivity contribution in [2.24, 2.45) is 0 Å². The van der Waals surface area contributed by atoms with Crippen molar-refractivity contribution in [1.82, 2.24) is 0 Å². The van der Waals surface area contributed by atoms with E-state index < -0.39 is 0 Å². The summed E-state index contributed by atoms with van der Waals surface area (Å²) in [6.07, 6.45) is 0. The Balaban J connectivity index is 1.41. The highest BCUT2D eigenvalue weighted by Crippen LogP contribution is 2.41. The van der Waals surface area contributed by atoms with Gasteiger partial charge in [0.2, 0.25) is 5.75 Å². The van der Waals surface area contributed by atoms with E-state index >= 15 is 0 Å². The summed E-state index contributed by atoms with van der Waals surface area (Å²) in [5.74, 6) is 3.97. The van der Waals surface area contributed by atoms with Crippen LogP contribution >= 0.6 is 11.6 Å². The Bertz CT molecular complexity index is 1520. The summed E-state index contributed by atoms with van der Waals surface area (Å²) in [6.45, 7) is 6.82. The molecule has 13 heteroatoms. The van der Waals surface area contributed by atoms with Crippen LogP contribution in [0.5, 0.6) is 34.5 Å². The molecule has 0 spiro atoms. The van der Waals surface area contributed by atoms with E-state index in [4.69, 9.17) is 68.4 Å². The van der Waals surface area contributed by atoms with Gasteiger partial charge in [-0.25, -0.2) is 0 Å². The van der Waals surface area contributed by atoms with E-state index in [1.165, 1.54) is 0 Å². The normalized spacial score (nSPS) is 11.0. The maximum absolute atomic E-state index is 6.46. The van der Waals surface area contributed by atoms with Crippen molar-refractivity contribution in [3.05, 3.63) is 107 Å². The smallest absolute Gasteiger partial charge is 0.203 e. The highest BCUT2D eigenvalue weighted by atomic mass is 35.5. The summed E-state index contributed by atoms with van der Waals surface area (Å²) in [6, 6.07) is 27.0. The van der Waals surface area contributed by atoms with Crippen LogP contribution in [0.2, 0.25) is 0 Å². The Labute approximate surface area is 335 Å². The van der Waals surface area contributed by atoms with Crippen LogP contribution in [-0.2, 0) is 54.1 Å². The topological polar surface area (TPSA) is 111 Å². The van der Waals surface area contributed by atoms with E-state index in [-0.39, 0.29) is 25.7 Å². The minimum absolute atomic E-state index is 0.258. The molecule has 4 aromatic carbocycles. The average Bonchev–Trinajstić information content (AvgIpc) is 3.23. The average molecular weight is 799 g/mol. The third-order valence-corrected chi connectivity index (χ3v) is 8.27. The molecule has 0 saturated heterocycles. The predicted molar refractivity (Wildman–Crippen MR) is 213 cm³/mol. The lowest BCUT2D eigenvalue weighted by molar-refractivity contribution is 0.0544. The van der Waals surface area contributed by atoms with Crippen LogP contribution in [0.15, 0.2) is 84.9 Å². The van der Waals surface area contributed by atoms with Gasteiger partial charge in [-0.2, -0.15) is 0 Å². The van der Waals surface area contributed by atoms with E-state index in [0.29, 0.717) is 96.5 Å². The molecule has 0 radical (unpaired) electrons. The molecule has 0 aliphatic rings. The Hall–Kier alpha value is -4.27. The lowest BCUT2D eigenvalue weighted by Crippen LogP contribution is -2.10. The van der Waals surface area contributed by atoms with Crippen LogP contribution in [0.1, 0.15) is 22.3 Å². The number of halogens is 1. The van der Waals surface area contributed by atoms with Gasteiger partial charge >= 0.3 is 0 Å². The van der Waals surface area contributed by atoms with Crippen LogP contribution in [0.25, 0.3) is 0 Å². The summed E-state index contributed by atoms with van der Waals surface area (Å²) in [7, 11) is 4.93. The maximum atomic E-state index is 6.46. The number of rotatable bonds is 31. The molecule has 0 heterocycles. The number of benzene rings is 4. The fourth-order valence-corrected chi connectivity index (χ4v) is 5.13. The van der Waals surface area contributed by atoms with Crippen molar-refractivity contribution in [3.63, 3.8) is 0 Å². The molecule has 4 aromatic rings. The molecule has 0 saturated carbocycles. The van der Waals surface area contributed by atoms with Gasteiger partial charge in [0.1, 0.15) is 56.9 Å². The first kappa shape index (κ1) is 44.4. The number of hydrogen-bond donors (Lipinski definition) is 0. The minimum Gasteiger partial charge on any atom is -0.491 e. The molecular formula is C43H55ClO12. The SMILES string of the molecule is COCCOCCOc1ccc(COc2cc(CCl)cc(OCc3ccc(OCCOCCOC)cc3)c2OCc2ccc(OCCOCCOC)cc2)cc1. The zero-order chi connectivity index (χ0) is 39.5. The van der Waals surface area contributed by atoms with Gasteiger partial charge in [-0.05, 0) is 70.8 Å². The highest BCUT2D eigenvalue weighted by Gasteiger charge is 2.17. The van der Waals surface area contributed by atoms with Gasteiger partial charge in [-0.15, -0.1) is 11.6 Å². The van der Waals surface area contributed by atoms with Crippen LogP contribution in [0.3, 0.4) is 0 Å². The van der Waals surface area contributed by atoms with Crippen molar-refractivity contribution in [2.75, 3.05) is 101 Å². The number of methoxy groups -OCH3 is 3. The molecule has 0 bridgehead atoms. The molecule has 0 aliphatic carbocycles. The second-order valence-electron chi connectivity index (χ2n) is 12.2. The summed E-state index contributed by atoms with van der Waals surface area (Å²) in [4.78, 5) is 0. The van der Waals surface area contributed by atoms with Crippen molar-refractivity contribution < 1.29 is 56.8 Å². The highest BCUT2D eigenvalue weighted by molar-refractivity contribution is 6.17. The van der Waals surface area contributed by atoms with Crippen LogP contribution in [-0.4, -0.2) is 101 Å². The minimum atomic E-state index is 0.258. The first-order valence-corrected chi connectivity index (χ1v) is 19.1. The summed E-state index contributed by atoms with van der Waals surface area (Å²) in [5, 5.41) is 0. The summed E-state index contributed by atoms with van der Waals surface area (Å²) in [5.41, 5.74) is 3.65. The van der Waals surface area contributed by atoms with E-state index in [1.807, 2.05) is 84.9 Å². The monoisotopic (exact) mass is 798 g/mol. The maximum Gasteiger partial charge on any atom is 0.203 e. The molecular weight excluding hydrogens is 744 g/mol. The second kappa shape index (κ2) is 27.3. The van der Waals surface area contributed by atoms with Crippen molar-refractivity contribution in [1.29, 1.82) is 0 Å². The third-order valence-electron chi connectivity index (χ3n) is 7.96. The second-order valence-corrected chi connectivity index (χ2v) is 12.5. The number of hydrogen-bond acceptors (Lipinski definition) is 12. The number of alkyl halides is 1. The van der Waals surface area contributed by atoms with Crippen molar-refractivity contribution >= 4 is 11.6 Å². The van der Waals surface area contributed by atoms with Gasteiger partial charge in [0.25, 0.3) is 0 Å². The van der Waals surface area contributed by atoms with Gasteiger partial charge in [0.15, 0.2) is 11.5 Å². The molecule has 0 N–H and O–H groups in total. The van der Waals surface area contributed by atoms with Gasteiger partial charge in [-0.1, -0.05) is 36.4 Å². The molecule has 56 heavy (non-hydrogen) atoms. The fraction of sp³-hybridized carbons (Fsp3) is 0.442. The Morgan fingerprint density at radius 3 is 1.00 bits per heavy atom. The molecule has 0 unspecified atom stereocenters. The Kier molecular flexibility index (Phi) is 21.7.